The van der Waals surface area contributed by atoms with Crippen LogP contribution < -0.4 is 24.8 Å². The van der Waals surface area contributed by atoms with E-state index in [1.54, 1.807) is 28.4 Å². The molecule has 0 aromatic heterocycles. The summed E-state index contributed by atoms with van der Waals surface area (Å²) in [6.07, 6.45) is 1.18. The van der Waals surface area contributed by atoms with Crippen LogP contribution in [-0.2, 0) is 0 Å². The first-order valence-electron chi connectivity index (χ1n) is 6.93. The second-order valence-electron chi connectivity index (χ2n) is 5.08. The van der Waals surface area contributed by atoms with Crippen LogP contribution in [-0.4, -0.2) is 40.4 Å². The van der Waals surface area contributed by atoms with Crippen molar-refractivity contribution in [2.75, 3.05) is 33.7 Å². The lowest BCUT2D eigenvalue weighted by molar-refractivity contribution is 0.324. The van der Waals surface area contributed by atoms with E-state index in [4.69, 9.17) is 14.2 Å². The van der Waals surface area contributed by atoms with Gasteiger partial charge in [-0.2, -0.15) is 0 Å². The van der Waals surface area contributed by atoms with Crippen molar-refractivity contribution in [2.24, 2.45) is 10.9 Å². The lowest BCUT2D eigenvalue weighted by Gasteiger charge is -2.16. The highest BCUT2D eigenvalue weighted by Gasteiger charge is 2.33. The van der Waals surface area contributed by atoms with Gasteiger partial charge in [0, 0.05) is 30.9 Å². The number of nitrogens with one attached hydrogen (secondary N) is 2. The summed E-state index contributed by atoms with van der Waals surface area (Å²) in [7, 11) is 6.53. The number of benzene rings is 1. The smallest absolute Gasteiger partial charge is 0.203 e. The van der Waals surface area contributed by atoms with Gasteiger partial charge in [0.05, 0.1) is 21.3 Å². The van der Waals surface area contributed by atoms with Crippen LogP contribution in [0.2, 0.25) is 0 Å². The SMILES string of the molecule is CN=C(Nc1cc(OC)c(OC)c(OC)c1)N[C@@H]1C[C@@H]1C. The van der Waals surface area contributed by atoms with E-state index in [9.17, 15) is 0 Å². The normalized spacial score (nSPS) is 20.7. The molecule has 0 saturated heterocycles. The molecule has 0 unspecified atom stereocenters. The lowest BCUT2D eigenvalue weighted by Crippen LogP contribution is -2.33. The molecule has 6 nitrogen and oxygen atoms in total. The zero-order chi connectivity index (χ0) is 15.4. The molecule has 116 valence electrons. The predicted molar refractivity (Wildman–Crippen MR) is 83.8 cm³/mol. The van der Waals surface area contributed by atoms with Crippen LogP contribution in [0.5, 0.6) is 17.2 Å². The summed E-state index contributed by atoms with van der Waals surface area (Å²) >= 11 is 0. The molecule has 0 spiro atoms. The average Bonchev–Trinajstić information content (AvgIpc) is 3.20. The summed E-state index contributed by atoms with van der Waals surface area (Å²) in [5, 5.41) is 6.61. The molecule has 2 N–H and O–H groups in total. The van der Waals surface area contributed by atoms with Gasteiger partial charge in [0.25, 0.3) is 0 Å². The Labute approximate surface area is 125 Å². The number of aliphatic imine (C=N–C) groups is 1. The molecule has 1 aromatic rings. The van der Waals surface area contributed by atoms with Gasteiger partial charge < -0.3 is 24.8 Å². The third-order valence-electron chi connectivity index (χ3n) is 3.58. The minimum Gasteiger partial charge on any atom is -0.493 e. The molecule has 6 heteroatoms. The van der Waals surface area contributed by atoms with Crippen LogP contribution in [0.25, 0.3) is 0 Å². The van der Waals surface area contributed by atoms with E-state index in [1.165, 1.54) is 6.42 Å². The Morgan fingerprint density at radius 1 is 1.14 bits per heavy atom. The van der Waals surface area contributed by atoms with Gasteiger partial charge in [-0.15, -0.1) is 0 Å². The number of rotatable bonds is 5. The first-order chi connectivity index (χ1) is 10.1. The molecule has 1 aromatic carbocycles. The van der Waals surface area contributed by atoms with E-state index in [2.05, 4.69) is 22.5 Å². The van der Waals surface area contributed by atoms with Crippen molar-refractivity contribution in [1.29, 1.82) is 0 Å². The van der Waals surface area contributed by atoms with Gasteiger partial charge in [0.1, 0.15) is 0 Å². The maximum Gasteiger partial charge on any atom is 0.203 e. The highest BCUT2D eigenvalue weighted by Crippen LogP contribution is 2.40. The van der Waals surface area contributed by atoms with Gasteiger partial charge in [0.2, 0.25) is 5.75 Å². The van der Waals surface area contributed by atoms with Gasteiger partial charge >= 0.3 is 0 Å². The van der Waals surface area contributed by atoms with Crippen LogP contribution in [0.1, 0.15) is 13.3 Å². The number of guanidine groups is 1. The third kappa shape index (κ3) is 3.51. The first kappa shape index (κ1) is 15.3. The summed E-state index contributed by atoms with van der Waals surface area (Å²) in [5.41, 5.74) is 0.825. The van der Waals surface area contributed by atoms with Gasteiger partial charge in [-0.05, 0) is 12.3 Å². The second-order valence-corrected chi connectivity index (χ2v) is 5.08. The van der Waals surface area contributed by atoms with Crippen molar-refractivity contribution in [3.05, 3.63) is 12.1 Å². The van der Waals surface area contributed by atoms with Crippen molar-refractivity contribution in [1.82, 2.24) is 5.32 Å². The fourth-order valence-electron chi connectivity index (χ4n) is 2.15. The number of nitrogens with zero attached hydrogens (tertiary/aromatic N) is 1. The maximum absolute atomic E-state index is 5.34. The van der Waals surface area contributed by atoms with Crippen LogP contribution >= 0.6 is 0 Å². The Balaban J connectivity index is 2.18. The highest BCUT2D eigenvalue weighted by atomic mass is 16.5. The van der Waals surface area contributed by atoms with Crippen molar-refractivity contribution in [2.45, 2.75) is 19.4 Å². The minimum atomic E-state index is 0.498. The van der Waals surface area contributed by atoms with Gasteiger partial charge in [0.15, 0.2) is 17.5 Å². The molecule has 0 radical (unpaired) electrons. The number of ether oxygens (including phenoxy) is 3. The molecule has 1 aliphatic carbocycles. The Morgan fingerprint density at radius 3 is 2.10 bits per heavy atom. The molecule has 0 heterocycles. The van der Waals surface area contributed by atoms with Gasteiger partial charge in [-0.1, -0.05) is 6.92 Å². The first-order valence-corrected chi connectivity index (χ1v) is 6.93. The Morgan fingerprint density at radius 2 is 1.71 bits per heavy atom. The van der Waals surface area contributed by atoms with Crippen LogP contribution in [0.3, 0.4) is 0 Å². The van der Waals surface area contributed by atoms with Crippen molar-refractivity contribution >= 4 is 11.6 Å². The summed E-state index contributed by atoms with van der Waals surface area (Å²) in [4.78, 5) is 4.23. The van der Waals surface area contributed by atoms with E-state index >= 15 is 0 Å². The maximum atomic E-state index is 5.34. The molecular formula is C15H23N3O3. The second kappa shape index (κ2) is 6.56. The molecular weight excluding hydrogens is 270 g/mol. The van der Waals surface area contributed by atoms with E-state index in [0.717, 1.165) is 11.6 Å². The fourth-order valence-corrected chi connectivity index (χ4v) is 2.15. The Hall–Kier alpha value is -2.11. The van der Waals surface area contributed by atoms with E-state index in [1.807, 2.05) is 12.1 Å². The zero-order valence-corrected chi connectivity index (χ0v) is 13.2. The Kier molecular flexibility index (Phi) is 4.77. The molecule has 2 rings (SSSR count). The topological polar surface area (TPSA) is 64.1 Å². The predicted octanol–water partition coefficient (Wildman–Crippen LogP) is 2.11. The molecule has 0 amide bonds. The molecule has 1 saturated carbocycles. The standard InChI is InChI=1S/C15H23N3O3/c1-9-6-11(9)18-15(16-2)17-10-7-12(19-3)14(21-5)13(8-10)20-4/h7-9,11H,6H2,1-5H3,(H2,16,17,18)/t9-,11+/m0/s1. The van der Waals surface area contributed by atoms with Crippen molar-refractivity contribution < 1.29 is 14.2 Å². The third-order valence-corrected chi connectivity index (χ3v) is 3.58. The fraction of sp³-hybridized carbons (Fsp3) is 0.533. The van der Waals surface area contributed by atoms with Crippen molar-refractivity contribution in [3.63, 3.8) is 0 Å². The van der Waals surface area contributed by atoms with Crippen LogP contribution in [0.15, 0.2) is 17.1 Å². The summed E-state index contributed by atoms with van der Waals surface area (Å²) in [6.45, 7) is 2.21. The molecule has 1 fully saturated rings. The summed E-state index contributed by atoms with van der Waals surface area (Å²) < 4.78 is 16.0. The molecule has 0 aliphatic heterocycles. The van der Waals surface area contributed by atoms with Crippen LogP contribution in [0.4, 0.5) is 5.69 Å². The van der Waals surface area contributed by atoms with Gasteiger partial charge in [-0.3, -0.25) is 4.99 Å². The highest BCUT2D eigenvalue weighted by molar-refractivity contribution is 5.94. The van der Waals surface area contributed by atoms with Crippen molar-refractivity contribution in [3.8, 4) is 17.2 Å². The van der Waals surface area contributed by atoms with E-state index < -0.39 is 0 Å². The Bertz CT molecular complexity index is 506. The largest absolute Gasteiger partial charge is 0.493 e. The molecule has 21 heavy (non-hydrogen) atoms. The number of anilines is 1. The average molecular weight is 293 g/mol. The molecule has 0 bridgehead atoms. The zero-order valence-electron chi connectivity index (χ0n) is 13.2. The number of hydrogen-bond donors (Lipinski definition) is 2. The summed E-state index contributed by atoms with van der Waals surface area (Å²) in [5.74, 6) is 3.22. The summed E-state index contributed by atoms with van der Waals surface area (Å²) in [6, 6.07) is 4.20. The number of hydrogen-bond acceptors (Lipinski definition) is 4. The molecule has 1 aliphatic rings. The number of methoxy groups -OCH3 is 3. The van der Waals surface area contributed by atoms with E-state index in [-0.39, 0.29) is 0 Å². The quantitative estimate of drug-likeness (QED) is 0.643. The lowest BCUT2D eigenvalue weighted by atomic mass is 10.2. The monoisotopic (exact) mass is 293 g/mol. The van der Waals surface area contributed by atoms with Crippen LogP contribution in [0, 0.1) is 5.92 Å². The molecule has 2 atom stereocenters. The van der Waals surface area contributed by atoms with E-state index in [0.29, 0.717) is 29.2 Å². The minimum absolute atomic E-state index is 0.498. The van der Waals surface area contributed by atoms with Gasteiger partial charge in [-0.25, -0.2) is 0 Å².